The Hall–Kier alpha value is -1.25. The average Bonchev–Trinajstić information content (AvgIpc) is 2.66. The quantitative estimate of drug-likeness (QED) is 0.801. The van der Waals surface area contributed by atoms with Gasteiger partial charge in [0.15, 0.2) is 5.96 Å². The highest BCUT2D eigenvalue weighted by Gasteiger charge is 2.52. The molecule has 104 valence electrons. The minimum atomic E-state index is 0.0285. The zero-order chi connectivity index (χ0) is 13.6. The van der Waals surface area contributed by atoms with Crippen LogP contribution in [0.3, 0.4) is 0 Å². The molecule has 4 atom stereocenters. The fourth-order valence-electron chi connectivity index (χ4n) is 4.35. The van der Waals surface area contributed by atoms with Crippen LogP contribution in [0.15, 0.2) is 28.4 Å². The lowest BCUT2D eigenvalue weighted by Crippen LogP contribution is -2.50. The molecule has 0 saturated heterocycles. The molecule has 3 rings (SSSR count). The number of hydrogen-bond acceptors (Lipinski definition) is 3. The Morgan fingerprint density at radius 3 is 3.05 bits per heavy atom. The number of guanidine groups is 1. The van der Waals surface area contributed by atoms with Crippen molar-refractivity contribution in [3.05, 3.63) is 23.4 Å². The number of aliphatic imine (C=N–C) groups is 1. The van der Waals surface area contributed by atoms with E-state index < -0.39 is 0 Å². The Balaban J connectivity index is 2.10. The number of nitrogens with one attached hydrogen (secondary N) is 1. The van der Waals surface area contributed by atoms with Crippen molar-refractivity contribution in [1.82, 2.24) is 5.32 Å². The molecule has 3 aliphatic rings. The van der Waals surface area contributed by atoms with Crippen molar-refractivity contribution in [1.29, 1.82) is 0 Å². The molecule has 2 aliphatic carbocycles. The second kappa shape index (κ2) is 4.39. The first-order valence-electron chi connectivity index (χ1n) is 7.58. The van der Waals surface area contributed by atoms with E-state index in [2.05, 4.69) is 38.2 Å². The number of nitrogens with two attached hydrogens (primary N) is 1. The predicted molar refractivity (Wildman–Crippen MR) is 79.6 cm³/mol. The summed E-state index contributed by atoms with van der Waals surface area (Å²) in [5, 5.41) is 3.39. The molecule has 1 saturated carbocycles. The van der Waals surface area contributed by atoms with Crippen molar-refractivity contribution in [2.45, 2.75) is 52.0 Å². The minimum Gasteiger partial charge on any atom is -0.370 e. The Labute approximate surface area is 116 Å². The van der Waals surface area contributed by atoms with Crippen LogP contribution in [-0.2, 0) is 0 Å². The standard InChI is InChI=1S/C16H25N3/c1-4-5-6-12-10(2)9-11-7-8-16(3)13(11)14(12)18-15(17)19-16/h5-6,10-11,13H,4,7-9H2,1-3H3,(H3,17,18,19)/b6-5+/t10-,11-,13-,16-/m0/s1. The van der Waals surface area contributed by atoms with Gasteiger partial charge >= 0.3 is 0 Å². The van der Waals surface area contributed by atoms with E-state index in [1.54, 1.807) is 0 Å². The van der Waals surface area contributed by atoms with Gasteiger partial charge < -0.3 is 11.1 Å². The van der Waals surface area contributed by atoms with Crippen molar-refractivity contribution in [3.8, 4) is 0 Å². The third kappa shape index (κ3) is 1.90. The average molecular weight is 259 g/mol. The predicted octanol–water partition coefficient (Wildman–Crippen LogP) is 2.95. The lowest BCUT2D eigenvalue weighted by molar-refractivity contribution is 0.260. The highest BCUT2D eigenvalue weighted by atomic mass is 15.2. The number of rotatable bonds is 2. The van der Waals surface area contributed by atoms with Crippen LogP contribution in [0, 0.1) is 17.8 Å². The summed E-state index contributed by atoms with van der Waals surface area (Å²) in [7, 11) is 0. The first-order valence-corrected chi connectivity index (χ1v) is 7.58. The Bertz CT molecular complexity index is 474. The second-order valence-corrected chi connectivity index (χ2v) is 6.57. The molecule has 0 aromatic carbocycles. The summed E-state index contributed by atoms with van der Waals surface area (Å²) in [6.45, 7) is 6.81. The van der Waals surface area contributed by atoms with Crippen LogP contribution in [0.4, 0.5) is 0 Å². The van der Waals surface area contributed by atoms with Crippen molar-refractivity contribution >= 4 is 5.96 Å². The Kier molecular flexibility index (Phi) is 2.95. The maximum Gasteiger partial charge on any atom is 0.193 e. The molecule has 19 heavy (non-hydrogen) atoms. The first-order chi connectivity index (χ1) is 9.05. The van der Waals surface area contributed by atoms with Gasteiger partial charge in [0.1, 0.15) is 0 Å². The third-order valence-electron chi connectivity index (χ3n) is 5.14. The molecule has 1 heterocycles. The molecule has 0 bridgehead atoms. The smallest absolute Gasteiger partial charge is 0.193 e. The summed E-state index contributed by atoms with van der Waals surface area (Å²) in [4.78, 5) is 4.72. The highest BCUT2D eigenvalue weighted by Crippen LogP contribution is 2.54. The Morgan fingerprint density at radius 2 is 2.32 bits per heavy atom. The van der Waals surface area contributed by atoms with Crippen molar-refractivity contribution in [3.63, 3.8) is 0 Å². The van der Waals surface area contributed by atoms with E-state index in [1.165, 1.54) is 30.5 Å². The summed E-state index contributed by atoms with van der Waals surface area (Å²) in [6.07, 6.45) is 9.41. The SMILES string of the molecule is CC/C=C/C1=C2NC(N)=N[C@@]3(C)CC[C@@H](C[C@@H]1C)[C@@H]23. The maximum atomic E-state index is 6.03. The molecule has 0 spiro atoms. The van der Waals surface area contributed by atoms with Gasteiger partial charge in [-0.1, -0.05) is 26.0 Å². The van der Waals surface area contributed by atoms with Gasteiger partial charge in [-0.05, 0) is 50.0 Å². The fraction of sp³-hybridized carbons (Fsp3) is 0.688. The van der Waals surface area contributed by atoms with Crippen LogP contribution < -0.4 is 11.1 Å². The van der Waals surface area contributed by atoms with Gasteiger partial charge in [-0.3, -0.25) is 0 Å². The second-order valence-electron chi connectivity index (χ2n) is 6.57. The molecule has 1 aliphatic heterocycles. The molecule has 3 N–H and O–H groups in total. The summed E-state index contributed by atoms with van der Waals surface area (Å²) in [5.41, 5.74) is 8.87. The Morgan fingerprint density at radius 1 is 1.53 bits per heavy atom. The van der Waals surface area contributed by atoms with E-state index in [0.717, 1.165) is 12.3 Å². The molecule has 0 aromatic heterocycles. The van der Waals surface area contributed by atoms with Gasteiger partial charge in [0.25, 0.3) is 0 Å². The zero-order valence-corrected chi connectivity index (χ0v) is 12.2. The number of hydrogen-bond donors (Lipinski definition) is 2. The van der Waals surface area contributed by atoms with Crippen LogP contribution in [0.5, 0.6) is 0 Å². The van der Waals surface area contributed by atoms with Crippen LogP contribution in [0.2, 0.25) is 0 Å². The largest absolute Gasteiger partial charge is 0.370 e. The normalized spacial score (nSPS) is 41.2. The minimum absolute atomic E-state index is 0.0285. The molecule has 0 amide bonds. The topological polar surface area (TPSA) is 50.4 Å². The van der Waals surface area contributed by atoms with E-state index in [4.69, 9.17) is 10.7 Å². The van der Waals surface area contributed by atoms with Crippen molar-refractivity contribution < 1.29 is 0 Å². The molecule has 3 nitrogen and oxygen atoms in total. The fourth-order valence-corrected chi connectivity index (χ4v) is 4.35. The van der Waals surface area contributed by atoms with Gasteiger partial charge in [-0.15, -0.1) is 0 Å². The molecular weight excluding hydrogens is 234 g/mol. The molecular formula is C16H25N3. The van der Waals surface area contributed by atoms with E-state index in [9.17, 15) is 0 Å². The van der Waals surface area contributed by atoms with E-state index in [0.29, 0.717) is 17.8 Å². The molecule has 3 heteroatoms. The monoisotopic (exact) mass is 259 g/mol. The van der Waals surface area contributed by atoms with Gasteiger partial charge in [-0.2, -0.15) is 0 Å². The van der Waals surface area contributed by atoms with Crippen molar-refractivity contribution in [2.24, 2.45) is 28.5 Å². The molecule has 0 unspecified atom stereocenters. The maximum absolute atomic E-state index is 6.03. The van der Waals surface area contributed by atoms with Gasteiger partial charge in [0.2, 0.25) is 0 Å². The van der Waals surface area contributed by atoms with Crippen LogP contribution in [0.1, 0.15) is 46.5 Å². The van der Waals surface area contributed by atoms with E-state index in [-0.39, 0.29) is 5.54 Å². The summed E-state index contributed by atoms with van der Waals surface area (Å²) in [6, 6.07) is 0. The van der Waals surface area contributed by atoms with Crippen LogP contribution >= 0.6 is 0 Å². The first kappa shape index (κ1) is 12.8. The number of nitrogens with zero attached hydrogens (tertiary/aromatic N) is 1. The lowest BCUT2D eigenvalue weighted by Gasteiger charge is -2.43. The van der Waals surface area contributed by atoms with Gasteiger partial charge in [-0.25, -0.2) is 4.99 Å². The zero-order valence-electron chi connectivity index (χ0n) is 12.2. The highest BCUT2D eigenvalue weighted by molar-refractivity contribution is 5.82. The van der Waals surface area contributed by atoms with Crippen LogP contribution in [0.25, 0.3) is 0 Å². The van der Waals surface area contributed by atoms with E-state index >= 15 is 0 Å². The summed E-state index contributed by atoms with van der Waals surface area (Å²) in [5.74, 6) is 2.55. The molecule has 1 fully saturated rings. The lowest BCUT2D eigenvalue weighted by atomic mass is 9.70. The van der Waals surface area contributed by atoms with Crippen LogP contribution in [-0.4, -0.2) is 11.5 Å². The molecule has 0 aromatic rings. The number of allylic oxidation sites excluding steroid dienone is 3. The van der Waals surface area contributed by atoms with E-state index in [1.807, 2.05) is 0 Å². The summed E-state index contributed by atoms with van der Waals surface area (Å²) < 4.78 is 0. The third-order valence-corrected chi connectivity index (χ3v) is 5.14. The molecule has 0 radical (unpaired) electrons. The van der Waals surface area contributed by atoms with Gasteiger partial charge in [0, 0.05) is 11.6 Å². The summed E-state index contributed by atoms with van der Waals surface area (Å²) >= 11 is 0. The van der Waals surface area contributed by atoms with Crippen molar-refractivity contribution in [2.75, 3.05) is 0 Å². The van der Waals surface area contributed by atoms with Gasteiger partial charge in [0.05, 0.1) is 5.54 Å².